The first-order valence-electron chi connectivity index (χ1n) is 34.8. The molecule has 0 radical (unpaired) electrons. The molecule has 0 spiro atoms. The van der Waals surface area contributed by atoms with E-state index in [4.69, 9.17) is 0 Å². The Morgan fingerprint density at radius 3 is 1.30 bits per heavy atom. The molecule has 8 unspecified atom stereocenters. The van der Waals surface area contributed by atoms with E-state index in [2.05, 4.69) is 146 Å². The minimum atomic E-state index is -1.18. The quantitative estimate of drug-likeness (QED) is 0.0219. The van der Waals surface area contributed by atoms with Crippen molar-refractivity contribution in [3.63, 3.8) is 0 Å². The number of alkyl halides is 2. The molecule has 2 saturated heterocycles. The Morgan fingerprint density at radius 1 is 0.464 bits per heavy atom. The van der Waals surface area contributed by atoms with Gasteiger partial charge in [0.15, 0.2) is 0 Å². The molecule has 8 atom stereocenters. The van der Waals surface area contributed by atoms with E-state index in [0.717, 1.165) is 56.2 Å². The van der Waals surface area contributed by atoms with Gasteiger partial charge in [0.1, 0.15) is 14.7 Å². The van der Waals surface area contributed by atoms with Gasteiger partial charge in [-0.1, -0.05) is 268 Å². The molecule has 10 heteroatoms. The van der Waals surface area contributed by atoms with E-state index in [1.807, 2.05) is 45.3 Å². The fraction of sp³-hybridized carbons (Fsp3) is 0.703. The highest BCUT2D eigenvalue weighted by atomic mass is 79.9. The summed E-state index contributed by atoms with van der Waals surface area (Å²) >= 11 is 16.8. The van der Waals surface area contributed by atoms with Crippen LogP contribution in [0.15, 0.2) is 35.0 Å². The topological polar surface area (TPSA) is 40.6 Å². The lowest BCUT2D eigenvalue weighted by Crippen LogP contribution is -2.47. The number of carbonyl (C=O) groups excluding carboxylic acids is 2. The standard InChI is InChI=1S/C74H110Br2N2O2S4/c1-11-21-27-29-31-33-41-77-70(63-49-61-59(47-53(19-9)37-25-15-5)57(45-51(17-7)35-23-13-3)55-39-43-81-65(55)67(61)83-63)73(75)69(71(77)79)74(76,78(72(73)80)42-34-32-30-28-22-12-2)64-50-62-60(48-54(20-10)38-26-16-6)58(46-52(18-8)36-24-14-4)56-40-44-82-66(56)68(62)84-64/h39-40,43-44,49-54,69-70H,11-38,41-42,45-48H2,1-10H3. The molecule has 2 fully saturated rings. The predicted octanol–water partition coefficient (Wildman–Crippen LogP) is 25.0. The van der Waals surface area contributed by atoms with Crippen molar-refractivity contribution >= 4 is 129 Å². The second-order valence-electron chi connectivity index (χ2n) is 26.3. The molecule has 466 valence electrons. The Bertz CT molecular complexity index is 3020. The lowest BCUT2D eigenvalue weighted by Gasteiger charge is -2.37. The maximum absolute atomic E-state index is 16.7. The van der Waals surface area contributed by atoms with Crippen molar-refractivity contribution in [1.29, 1.82) is 0 Å². The summed E-state index contributed by atoms with van der Waals surface area (Å²) in [6.07, 6.45) is 37.8. The fourth-order valence-corrected chi connectivity index (χ4v) is 23.0. The van der Waals surface area contributed by atoms with Crippen LogP contribution >= 0.6 is 77.2 Å². The lowest BCUT2D eigenvalue weighted by atomic mass is 9.82. The van der Waals surface area contributed by atoms with E-state index >= 15 is 9.59 Å². The lowest BCUT2D eigenvalue weighted by molar-refractivity contribution is -0.136. The predicted molar refractivity (Wildman–Crippen MR) is 381 cm³/mol. The molecule has 0 bridgehead atoms. The van der Waals surface area contributed by atoms with Crippen LogP contribution in [0.4, 0.5) is 0 Å². The summed E-state index contributed by atoms with van der Waals surface area (Å²) in [6, 6.07) is 9.50. The number of nitrogens with zero attached hydrogens (tertiary/aromatic N) is 2. The van der Waals surface area contributed by atoms with Crippen LogP contribution in [0, 0.1) is 29.6 Å². The first-order valence-corrected chi connectivity index (χ1v) is 39.7. The van der Waals surface area contributed by atoms with Gasteiger partial charge in [-0.25, -0.2) is 0 Å². The minimum Gasteiger partial charge on any atom is -0.332 e. The summed E-state index contributed by atoms with van der Waals surface area (Å²) in [7, 11) is 0. The number of fused-ring (bicyclic) bond motifs is 7. The molecule has 84 heavy (non-hydrogen) atoms. The molecular formula is C74H110Br2N2O2S4. The van der Waals surface area contributed by atoms with Crippen molar-refractivity contribution in [3.8, 4) is 0 Å². The van der Waals surface area contributed by atoms with Gasteiger partial charge < -0.3 is 9.80 Å². The summed E-state index contributed by atoms with van der Waals surface area (Å²) in [5, 5.41) is 10.3. The molecular weight excluding hydrogens is 1240 g/mol. The highest BCUT2D eigenvalue weighted by Gasteiger charge is 2.77. The van der Waals surface area contributed by atoms with Crippen molar-refractivity contribution in [2.45, 2.75) is 290 Å². The molecule has 4 nitrogen and oxygen atoms in total. The summed E-state index contributed by atoms with van der Waals surface area (Å²) < 4.78 is 3.28. The van der Waals surface area contributed by atoms with E-state index in [-0.39, 0.29) is 11.8 Å². The zero-order chi connectivity index (χ0) is 60.0. The molecule has 8 rings (SSSR count). The van der Waals surface area contributed by atoms with Gasteiger partial charge in [-0.2, -0.15) is 0 Å². The first kappa shape index (κ1) is 68.1. The Morgan fingerprint density at radius 2 is 0.857 bits per heavy atom. The van der Waals surface area contributed by atoms with Crippen LogP contribution in [0.5, 0.6) is 0 Å². The van der Waals surface area contributed by atoms with E-state index < -0.39 is 20.7 Å². The number of hydrogen-bond donors (Lipinski definition) is 0. The Kier molecular flexibility index (Phi) is 26.6. The highest BCUT2D eigenvalue weighted by Crippen LogP contribution is 2.68. The number of unbranched alkanes of at least 4 members (excludes halogenated alkanes) is 14. The normalized spacial score (nSPS) is 20.7. The first-order chi connectivity index (χ1) is 40.9. The monoisotopic (exact) mass is 1340 g/mol. The summed E-state index contributed by atoms with van der Waals surface area (Å²) in [4.78, 5) is 40.1. The van der Waals surface area contributed by atoms with Crippen LogP contribution < -0.4 is 0 Å². The SMILES string of the molecule is CCCCCCCCN1C(=O)C2C(Br)(C(=O)N(CCCCCCCC)C2(Br)c2cc3c(CC(CC)CCCC)c(CC(CC)CCCC)c4ccsc4c3s2)C1c1cc2c(CC(CC)CCCC)c(CC(CC)CCCC)c3ccsc3c2s1. The van der Waals surface area contributed by atoms with Crippen LogP contribution in [0.2, 0.25) is 0 Å². The third-order valence-corrected chi connectivity index (χ3v) is 27.9. The van der Waals surface area contributed by atoms with Crippen molar-refractivity contribution in [1.82, 2.24) is 9.80 Å². The van der Waals surface area contributed by atoms with E-state index in [1.165, 1.54) is 199 Å². The van der Waals surface area contributed by atoms with E-state index in [1.54, 1.807) is 22.3 Å². The number of rotatable bonds is 40. The van der Waals surface area contributed by atoms with Crippen LogP contribution in [-0.4, -0.2) is 39.0 Å². The number of halogens is 2. The van der Waals surface area contributed by atoms with Crippen molar-refractivity contribution in [2.24, 2.45) is 29.6 Å². The van der Waals surface area contributed by atoms with Gasteiger partial charge >= 0.3 is 0 Å². The molecule has 2 aliphatic rings. The third kappa shape index (κ3) is 14.5. The second kappa shape index (κ2) is 32.8. The smallest absolute Gasteiger partial charge is 0.244 e. The van der Waals surface area contributed by atoms with Crippen molar-refractivity contribution < 1.29 is 9.59 Å². The van der Waals surface area contributed by atoms with Gasteiger partial charge in [0.05, 0.1) is 24.8 Å². The average Bonchev–Trinajstić information content (AvgIpc) is 1.82. The van der Waals surface area contributed by atoms with Gasteiger partial charge in [0, 0.05) is 22.8 Å². The number of thiophene rings is 4. The molecule has 2 amide bonds. The zero-order valence-electron chi connectivity index (χ0n) is 54.1. The van der Waals surface area contributed by atoms with Crippen LogP contribution in [0.25, 0.3) is 40.3 Å². The molecule has 6 heterocycles. The fourth-order valence-electron chi connectivity index (χ4n) is 15.2. The summed E-state index contributed by atoms with van der Waals surface area (Å²) in [6.45, 7) is 24.8. The maximum Gasteiger partial charge on any atom is 0.244 e. The van der Waals surface area contributed by atoms with Crippen molar-refractivity contribution in [2.75, 3.05) is 13.1 Å². The second-order valence-corrected chi connectivity index (χ2v) is 32.8. The van der Waals surface area contributed by atoms with Gasteiger partial charge in [-0.3, -0.25) is 9.59 Å². The van der Waals surface area contributed by atoms with Gasteiger partial charge in [0.25, 0.3) is 0 Å². The summed E-state index contributed by atoms with van der Waals surface area (Å²) in [5.74, 6) is 2.03. The van der Waals surface area contributed by atoms with Gasteiger partial charge in [-0.05, 0) is 141 Å². The van der Waals surface area contributed by atoms with Crippen LogP contribution in [0.3, 0.4) is 0 Å². The molecule has 0 saturated carbocycles. The van der Waals surface area contributed by atoms with Gasteiger partial charge in [-0.15, -0.1) is 45.3 Å². The molecule has 2 aromatic carbocycles. The van der Waals surface area contributed by atoms with Crippen LogP contribution in [0.1, 0.15) is 287 Å². The van der Waals surface area contributed by atoms with E-state index in [0.29, 0.717) is 36.8 Å². The maximum atomic E-state index is 16.7. The number of amides is 2. The number of benzene rings is 2. The Balaban J connectivity index is 1.35. The molecule has 0 aliphatic carbocycles. The third-order valence-electron chi connectivity index (χ3n) is 20.5. The Hall–Kier alpha value is -1.82. The number of carbonyl (C=O) groups is 2. The number of likely N-dealkylation sites (tertiary alicyclic amines) is 2. The largest absolute Gasteiger partial charge is 0.332 e. The molecule has 4 aromatic heterocycles. The Labute approximate surface area is 543 Å². The van der Waals surface area contributed by atoms with E-state index in [9.17, 15) is 0 Å². The summed E-state index contributed by atoms with van der Waals surface area (Å²) in [5.41, 5.74) is 6.24. The highest BCUT2D eigenvalue weighted by molar-refractivity contribution is 9.10. The molecule has 6 aromatic rings. The average molecular weight is 1350 g/mol. The van der Waals surface area contributed by atoms with Gasteiger partial charge in [0.2, 0.25) is 11.8 Å². The number of hydrogen-bond acceptors (Lipinski definition) is 6. The van der Waals surface area contributed by atoms with Crippen LogP contribution in [-0.2, 0) is 39.7 Å². The zero-order valence-corrected chi connectivity index (χ0v) is 60.5. The minimum absolute atomic E-state index is 0.0839. The van der Waals surface area contributed by atoms with Crippen molar-refractivity contribution in [3.05, 3.63) is 67.0 Å². The molecule has 0 N–H and O–H groups in total. The molecule has 2 aliphatic heterocycles.